The van der Waals surface area contributed by atoms with Crippen LogP contribution in [-0.4, -0.2) is 28.6 Å². The zero-order valence-electron chi connectivity index (χ0n) is 13.0. The number of anilines is 1. The summed E-state index contributed by atoms with van der Waals surface area (Å²) in [7, 11) is 0. The number of aromatic nitrogens is 1. The van der Waals surface area contributed by atoms with Crippen molar-refractivity contribution in [3.63, 3.8) is 0 Å². The van der Waals surface area contributed by atoms with Crippen molar-refractivity contribution < 1.29 is 9.59 Å². The number of pyridine rings is 1. The van der Waals surface area contributed by atoms with E-state index in [2.05, 4.69) is 11.1 Å². The number of benzene rings is 1. The second-order valence-corrected chi connectivity index (χ2v) is 5.64. The standard InChI is InChI=1S/C18H16N4O2/c19-11-12-3-4-13-5-6-16(15(13)10-12)22(8-9-23)18(24)14-2-1-7-21-17(14)20/h1-4,7,9-10,16H,5-6,8H2,(H2,20,21). The van der Waals surface area contributed by atoms with E-state index in [9.17, 15) is 9.59 Å². The van der Waals surface area contributed by atoms with Gasteiger partial charge in [-0.25, -0.2) is 4.98 Å². The molecule has 1 aromatic carbocycles. The lowest BCUT2D eigenvalue weighted by atomic mass is 10.0. The van der Waals surface area contributed by atoms with E-state index in [4.69, 9.17) is 11.0 Å². The highest BCUT2D eigenvalue weighted by Gasteiger charge is 2.32. The minimum absolute atomic E-state index is 0.0337. The minimum atomic E-state index is -0.326. The Hall–Kier alpha value is -3.20. The Bertz CT molecular complexity index is 841. The number of carbonyl (C=O) groups excluding carboxylic acids is 2. The van der Waals surface area contributed by atoms with Crippen molar-refractivity contribution in [2.24, 2.45) is 0 Å². The smallest absolute Gasteiger partial charge is 0.258 e. The van der Waals surface area contributed by atoms with Crippen molar-refractivity contribution in [2.45, 2.75) is 18.9 Å². The summed E-state index contributed by atoms with van der Waals surface area (Å²) in [5.41, 5.74) is 8.65. The van der Waals surface area contributed by atoms with E-state index in [1.165, 1.54) is 11.1 Å². The van der Waals surface area contributed by atoms with Crippen LogP contribution in [0.2, 0.25) is 0 Å². The number of nitrogen functional groups attached to an aromatic ring is 1. The molecule has 1 aliphatic rings. The largest absolute Gasteiger partial charge is 0.383 e. The normalized spacial score (nSPS) is 15.4. The first kappa shape index (κ1) is 15.7. The molecule has 0 bridgehead atoms. The first-order chi connectivity index (χ1) is 11.7. The van der Waals surface area contributed by atoms with Crippen LogP contribution in [0, 0.1) is 11.3 Å². The SMILES string of the molecule is N#Cc1ccc2c(c1)C(N(CC=O)C(=O)c1cccnc1N)CC2. The third-order valence-corrected chi connectivity index (χ3v) is 4.30. The van der Waals surface area contributed by atoms with Gasteiger partial charge >= 0.3 is 0 Å². The Labute approximate surface area is 139 Å². The third-order valence-electron chi connectivity index (χ3n) is 4.30. The number of rotatable bonds is 4. The zero-order chi connectivity index (χ0) is 17.1. The molecular weight excluding hydrogens is 304 g/mol. The molecule has 1 amide bonds. The molecule has 0 spiro atoms. The second kappa shape index (κ2) is 6.50. The molecule has 1 aliphatic carbocycles. The van der Waals surface area contributed by atoms with Crippen LogP contribution in [0.25, 0.3) is 0 Å². The Kier molecular flexibility index (Phi) is 4.25. The summed E-state index contributed by atoms with van der Waals surface area (Å²) in [6, 6.07) is 10.6. The number of hydrogen-bond donors (Lipinski definition) is 1. The molecule has 0 fully saturated rings. The van der Waals surface area contributed by atoms with Crippen LogP contribution in [0.1, 0.15) is 39.5 Å². The molecule has 1 aromatic heterocycles. The molecule has 6 heteroatoms. The molecule has 120 valence electrons. The van der Waals surface area contributed by atoms with Crippen LogP contribution in [0.3, 0.4) is 0 Å². The van der Waals surface area contributed by atoms with Crippen LogP contribution < -0.4 is 5.73 Å². The van der Waals surface area contributed by atoms with Gasteiger partial charge in [0.2, 0.25) is 0 Å². The van der Waals surface area contributed by atoms with Crippen LogP contribution in [0.15, 0.2) is 36.5 Å². The summed E-state index contributed by atoms with van der Waals surface area (Å²) < 4.78 is 0. The van der Waals surface area contributed by atoms with Gasteiger partial charge in [-0.3, -0.25) is 4.79 Å². The summed E-state index contributed by atoms with van der Waals surface area (Å²) in [5.74, 6) is -0.185. The number of aryl methyl sites for hydroxylation is 1. The van der Waals surface area contributed by atoms with Crippen molar-refractivity contribution in [1.29, 1.82) is 5.26 Å². The molecule has 2 aromatic rings. The lowest BCUT2D eigenvalue weighted by Crippen LogP contribution is -2.36. The first-order valence-electron chi connectivity index (χ1n) is 7.63. The molecule has 24 heavy (non-hydrogen) atoms. The highest BCUT2D eigenvalue weighted by molar-refractivity contribution is 5.99. The maximum Gasteiger partial charge on any atom is 0.258 e. The highest BCUT2D eigenvalue weighted by atomic mass is 16.2. The molecule has 1 atom stereocenters. The van der Waals surface area contributed by atoms with Crippen LogP contribution in [0.5, 0.6) is 0 Å². The van der Waals surface area contributed by atoms with Gasteiger partial charge in [-0.2, -0.15) is 5.26 Å². The number of hydrogen-bond acceptors (Lipinski definition) is 5. The van der Waals surface area contributed by atoms with E-state index >= 15 is 0 Å². The van der Waals surface area contributed by atoms with Gasteiger partial charge in [-0.1, -0.05) is 6.07 Å². The summed E-state index contributed by atoms with van der Waals surface area (Å²) in [6.07, 6.45) is 3.73. The lowest BCUT2D eigenvalue weighted by molar-refractivity contribution is -0.108. The van der Waals surface area contributed by atoms with Gasteiger partial charge in [-0.15, -0.1) is 0 Å². The van der Waals surface area contributed by atoms with Crippen molar-refractivity contribution in [2.75, 3.05) is 12.3 Å². The number of carbonyl (C=O) groups is 2. The molecule has 1 heterocycles. The van der Waals surface area contributed by atoms with Gasteiger partial charge in [0.25, 0.3) is 5.91 Å². The number of nitrogens with zero attached hydrogens (tertiary/aromatic N) is 3. The highest BCUT2D eigenvalue weighted by Crippen LogP contribution is 2.37. The lowest BCUT2D eigenvalue weighted by Gasteiger charge is -2.28. The summed E-state index contributed by atoms with van der Waals surface area (Å²) >= 11 is 0. The fourth-order valence-electron chi connectivity index (χ4n) is 3.16. The van der Waals surface area contributed by atoms with Crippen molar-refractivity contribution in [1.82, 2.24) is 9.88 Å². The van der Waals surface area contributed by atoms with E-state index in [0.29, 0.717) is 18.3 Å². The molecule has 6 nitrogen and oxygen atoms in total. The van der Waals surface area contributed by atoms with Crippen molar-refractivity contribution in [3.8, 4) is 6.07 Å². The predicted molar refractivity (Wildman–Crippen MR) is 88.0 cm³/mol. The predicted octanol–water partition coefficient (Wildman–Crippen LogP) is 1.86. The Balaban J connectivity index is 2.00. The summed E-state index contributed by atoms with van der Waals surface area (Å²) in [6.45, 7) is -0.0337. The number of nitrogens with two attached hydrogens (primary N) is 1. The number of nitriles is 1. The van der Waals surface area contributed by atoms with Gasteiger partial charge in [0.05, 0.1) is 29.8 Å². The third kappa shape index (κ3) is 2.72. The van der Waals surface area contributed by atoms with E-state index in [1.807, 2.05) is 6.07 Å². The number of aldehydes is 1. The van der Waals surface area contributed by atoms with Gasteiger partial charge in [0.1, 0.15) is 12.1 Å². The van der Waals surface area contributed by atoms with E-state index in [-0.39, 0.29) is 29.9 Å². The maximum atomic E-state index is 12.9. The monoisotopic (exact) mass is 320 g/mol. The molecule has 2 N–H and O–H groups in total. The minimum Gasteiger partial charge on any atom is -0.383 e. The second-order valence-electron chi connectivity index (χ2n) is 5.64. The molecule has 0 saturated carbocycles. The summed E-state index contributed by atoms with van der Waals surface area (Å²) in [5, 5.41) is 9.11. The molecule has 1 unspecified atom stereocenters. The van der Waals surface area contributed by atoms with E-state index < -0.39 is 0 Å². The van der Waals surface area contributed by atoms with Gasteiger partial charge < -0.3 is 15.4 Å². The van der Waals surface area contributed by atoms with E-state index in [1.54, 1.807) is 24.3 Å². The first-order valence-corrected chi connectivity index (χ1v) is 7.63. The summed E-state index contributed by atoms with van der Waals surface area (Å²) in [4.78, 5) is 29.5. The Morgan fingerprint density at radius 1 is 1.46 bits per heavy atom. The Morgan fingerprint density at radius 2 is 2.29 bits per heavy atom. The average Bonchev–Trinajstić information content (AvgIpc) is 3.02. The number of amides is 1. The van der Waals surface area contributed by atoms with Crippen LogP contribution in [-0.2, 0) is 11.2 Å². The fourth-order valence-corrected chi connectivity index (χ4v) is 3.16. The van der Waals surface area contributed by atoms with Crippen molar-refractivity contribution in [3.05, 3.63) is 58.8 Å². The molecular formula is C18H16N4O2. The quantitative estimate of drug-likeness (QED) is 0.867. The molecule has 0 saturated heterocycles. The van der Waals surface area contributed by atoms with Gasteiger partial charge in [0.15, 0.2) is 0 Å². The maximum absolute atomic E-state index is 12.9. The van der Waals surface area contributed by atoms with E-state index in [0.717, 1.165) is 17.5 Å². The number of fused-ring (bicyclic) bond motifs is 1. The van der Waals surface area contributed by atoms with Gasteiger partial charge in [-0.05, 0) is 48.2 Å². The molecule has 0 aliphatic heterocycles. The average molecular weight is 320 g/mol. The molecule has 3 rings (SSSR count). The van der Waals surface area contributed by atoms with Gasteiger partial charge in [0, 0.05) is 6.20 Å². The van der Waals surface area contributed by atoms with Crippen LogP contribution >= 0.6 is 0 Å². The zero-order valence-corrected chi connectivity index (χ0v) is 13.0. The van der Waals surface area contributed by atoms with Crippen molar-refractivity contribution >= 4 is 18.0 Å². The Morgan fingerprint density at radius 3 is 3.00 bits per heavy atom. The topological polar surface area (TPSA) is 100 Å². The van der Waals surface area contributed by atoms with Crippen LogP contribution in [0.4, 0.5) is 5.82 Å². The fraction of sp³-hybridized carbons (Fsp3) is 0.222. The molecule has 0 radical (unpaired) electrons.